The molecule has 0 aromatic heterocycles. The fourth-order valence-corrected chi connectivity index (χ4v) is 2.88. The summed E-state index contributed by atoms with van der Waals surface area (Å²) in [5.41, 5.74) is 1.93. The van der Waals surface area contributed by atoms with E-state index in [1.165, 1.54) is 0 Å². The highest BCUT2D eigenvalue weighted by Gasteiger charge is 2.29. The van der Waals surface area contributed by atoms with E-state index < -0.39 is 0 Å². The number of hydrogen-bond donors (Lipinski definition) is 2. The summed E-state index contributed by atoms with van der Waals surface area (Å²) in [6.45, 7) is 7.49. The van der Waals surface area contributed by atoms with E-state index in [2.05, 4.69) is 31.4 Å². The maximum atomic E-state index is 12.4. The van der Waals surface area contributed by atoms with Gasteiger partial charge in [0.1, 0.15) is 0 Å². The van der Waals surface area contributed by atoms with Crippen molar-refractivity contribution in [1.29, 1.82) is 0 Å². The van der Waals surface area contributed by atoms with E-state index in [1.807, 2.05) is 24.3 Å². The molecule has 1 fully saturated rings. The van der Waals surface area contributed by atoms with Crippen molar-refractivity contribution in [2.24, 2.45) is 5.92 Å². The van der Waals surface area contributed by atoms with Gasteiger partial charge in [-0.3, -0.25) is 4.79 Å². The van der Waals surface area contributed by atoms with Crippen molar-refractivity contribution in [2.45, 2.75) is 45.7 Å². The number of aryl methyl sites for hydroxylation is 1. The zero-order valence-corrected chi connectivity index (χ0v) is 13.3. The third-order valence-electron chi connectivity index (χ3n) is 4.16. The molecule has 1 aromatic carbocycles. The zero-order valence-electron chi connectivity index (χ0n) is 12.5. The first-order chi connectivity index (χ1) is 9.13. The van der Waals surface area contributed by atoms with Crippen molar-refractivity contribution >= 4 is 18.3 Å². The Morgan fingerprint density at radius 1 is 1.35 bits per heavy atom. The Hall–Kier alpha value is -1.06. The van der Waals surface area contributed by atoms with Gasteiger partial charge in [0.2, 0.25) is 0 Å². The molecule has 1 heterocycles. The van der Waals surface area contributed by atoms with E-state index in [9.17, 15) is 4.79 Å². The maximum absolute atomic E-state index is 12.4. The molecule has 0 bridgehead atoms. The largest absolute Gasteiger partial charge is 0.347 e. The Kier molecular flexibility index (Phi) is 6.50. The summed E-state index contributed by atoms with van der Waals surface area (Å²) in [6.07, 6.45) is 2.00. The first kappa shape index (κ1) is 17.0. The Balaban J connectivity index is 0.00000200. The predicted octanol–water partition coefficient (Wildman–Crippen LogP) is 2.79. The van der Waals surface area contributed by atoms with Crippen LogP contribution in [-0.2, 0) is 6.42 Å². The van der Waals surface area contributed by atoms with Crippen LogP contribution >= 0.6 is 12.4 Å². The Morgan fingerprint density at radius 2 is 2.05 bits per heavy atom. The molecule has 2 rings (SSSR count). The lowest BCUT2D eigenvalue weighted by atomic mass is 9.88. The minimum Gasteiger partial charge on any atom is -0.347 e. The topological polar surface area (TPSA) is 41.1 Å². The van der Waals surface area contributed by atoms with E-state index >= 15 is 0 Å². The summed E-state index contributed by atoms with van der Waals surface area (Å²) in [5.74, 6) is 0.582. The minimum absolute atomic E-state index is 0. The van der Waals surface area contributed by atoms with Crippen molar-refractivity contribution in [3.05, 3.63) is 35.4 Å². The van der Waals surface area contributed by atoms with Gasteiger partial charge in [0, 0.05) is 17.6 Å². The second kappa shape index (κ2) is 7.65. The van der Waals surface area contributed by atoms with Crippen molar-refractivity contribution in [3.63, 3.8) is 0 Å². The van der Waals surface area contributed by atoms with Crippen LogP contribution in [0.5, 0.6) is 0 Å². The second-order valence-electron chi connectivity index (χ2n) is 5.52. The van der Waals surface area contributed by atoms with Crippen molar-refractivity contribution < 1.29 is 4.79 Å². The summed E-state index contributed by atoms with van der Waals surface area (Å²) in [5, 5.41) is 6.64. The van der Waals surface area contributed by atoms with E-state index in [1.54, 1.807) is 0 Å². The van der Waals surface area contributed by atoms with Gasteiger partial charge in [-0.15, -0.1) is 12.4 Å². The molecule has 1 saturated heterocycles. The van der Waals surface area contributed by atoms with Crippen LogP contribution in [0.15, 0.2) is 24.3 Å². The number of benzene rings is 1. The van der Waals surface area contributed by atoms with Gasteiger partial charge in [0.15, 0.2) is 0 Å². The Labute approximate surface area is 127 Å². The van der Waals surface area contributed by atoms with E-state index in [0.717, 1.165) is 30.5 Å². The van der Waals surface area contributed by atoms with Crippen LogP contribution in [0.2, 0.25) is 0 Å². The van der Waals surface area contributed by atoms with Gasteiger partial charge in [-0.2, -0.15) is 0 Å². The van der Waals surface area contributed by atoms with Crippen LogP contribution in [-0.4, -0.2) is 24.5 Å². The predicted molar refractivity (Wildman–Crippen MR) is 85.6 cm³/mol. The highest BCUT2D eigenvalue weighted by molar-refractivity contribution is 5.95. The number of piperidine rings is 1. The van der Waals surface area contributed by atoms with Crippen molar-refractivity contribution in [2.75, 3.05) is 6.54 Å². The molecule has 2 N–H and O–H groups in total. The molecule has 3 atom stereocenters. The monoisotopic (exact) mass is 296 g/mol. The van der Waals surface area contributed by atoms with Crippen LogP contribution in [0.4, 0.5) is 0 Å². The number of rotatable bonds is 3. The summed E-state index contributed by atoms with van der Waals surface area (Å²) in [7, 11) is 0. The van der Waals surface area contributed by atoms with E-state index in [0.29, 0.717) is 12.0 Å². The van der Waals surface area contributed by atoms with Gasteiger partial charge in [-0.1, -0.05) is 32.0 Å². The Morgan fingerprint density at radius 3 is 2.70 bits per heavy atom. The van der Waals surface area contributed by atoms with Crippen LogP contribution < -0.4 is 10.6 Å². The molecule has 0 aliphatic carbocycles. The van der Waals surface area contributed by atoms with E-state index in [4.69, 9.17) is 0 Å². The molecule has 1 aliphatic heterocycles. The minimum atomic E-state index is 0. The van der Waals surface area contributed by atoms with Gasteiger partial charge in [-0.25, -0.2) is 0 Å². The van der Waals surface area contributed by atoms with Gasteiger partial charge in [0.25, 0.3) is 5.91 Å². The number of carbonyl (C=O) groups is 1. The smallest absolute Gasteiger partial charge is 0.251 e. The van der Waals surface area contributed by atoms with Crippen molar-refractivity contribution in [1.82, 2.24) is 10.6 Å². The third kappa shape index (κ3) is 3.74. The fourth-order valence-electron chi connectivity index (χ4n) is 2.88. The molecule has 0 saturated carbocycles. The first-order valence-electron chi connectivity index (χ1n) is 7.25. The highest BCUT2D eigenvalue weighted by Crippen LogP contribution is 2.17. The van der Waals surface area contributed by atoms with Gasteiger partial charge >= 0.3 is 0 Å². The summed E-state index contributed by atoms with van der Waals surface area (Å²) >= 11 is 0. The molecule has 1 aromatic rings. The molecule has 0 radical (unpaired) electrons. The first-order valence-corrected chi connectivity index (χ1v) is 7.25. The molecule has 4 heteroatoms. The molecule has 112 valence electrons. The average Bonchev–Trinajstić information content (AvgIpc) is 2.42. The number of halogens is 1. The fraction of sp³-hybridized carbons (Fsp3) is 0.562. The number of carbonyl (C=O) groups excluding carboxylic acids is 1. The maximum Gasteiger partial charge on any atom is 0.251 e. The lowest BCUT2D eigenvalue weighted by Gasteiger charge is -2.36. The van der Waals surface area contributed by atoms with Gasteiger partial charge < -0.3 is 10.6 Å². The van der Waals surface area contributed by atoms with Crippen LogP contribution in [0, 0.1) is 5.92 Å². The van der Waals surface area contributed by atoms with E-state index in [-0.39, 0.29) is 24.4 Å². The van der Waals surface area contributed by atoms with Crippen LogP contribution in [0.25, 0.3) is 0 Å². The highest BCUT2D eigenvalue weighted by atomic mass is 35.5. The molecule has 1 aliphatic rings. The zero-order chi connectivity index (χ0) is 13.8. The number of amides is 1. The Bertz CT molecular complexity index is 440. The molecule has 20 heavy (non-hydrogen) atoms. The lowest BCUT2D eigenvalue weighted by molar-refractivity contribution is 0.0896. The standard InChI is InChI=1S/C16H24N2O.ClH/c1-4-13-7-5-6-8-14(13)16(19)18-15-11(2)9-10-17-12(15)3;/h5-8,11-12,15,17H,4,9-10H2,1-3H3,(H,18,19);1H. The summed E-state index contributed by atoms with van der Waals surface area (Å²) in [6, 6.07) is 8.41. The molecule has 3 unspecified atom stereocenters. The van der Waals surface area contributed by atoms with Gasteiger partial charge in [-0.05, 0) is 43.9 Å². The van der Waals surface area contributed by atoms with Crippen molar-refractivity contribution in [3.8, 4) is 0 Å². The SMILES string of the molecule is CCc1ccccc1C(=O)NC1C(C)CCNC1C.Cl. The van der Waals surface area contributed by atoms with Gasteiger partial charge in [0.05, 0.1) is 0 Å². The third-order valence-corrected chi connectivity index (χ3v) is 4.16. The molecular weight excluding hydrogens is 272 g/mol. The molecular formula is C16H25ClN2O. The number of nitrogens with one attached hydrogen (secondary N) is 2. The normalized spacial score (nSPS) is 25.6. The number of hydrogen-bond acceptors (Lipinski definition) is 2. The second-order valence-corrected chi connectivity index (χ2v) is 5.52. The molecule has 0 spiro atoms. The molecule has 1 amide bonds. The molecule has 3 nitrogen and oxygen atoms in total. The van der Waals surface area contributed by atoms with Crippen LogP contribution in [0.1, 0.15) is 43.1 Å². The summed E-state index contributed by atoms with van der Waals surface area (Å²) < 4.78 is 0. The quantitative estimate of drug-likeness (QED) is 0.900. The lowest BCUT2D eigenvalue weighted by Crippen LogP contribution is -2.56. The van der Waals surface area contributed by atoms with Crippen LogP contribution in [0.3, 0.4) is 0 Å². The summed E-state index contributed by atoms with van der Waals surface area (Å²) in [4.78, 5) is 12.4. The average molecular weight is 297 g/mol.